The molecule has 2 aromatic carbocycles. The molecule has 0 unspecified atom stereocenters. The lowest BCUT2D eigenvalue weighted by atomic mass is 10.1. The van der Waals surface area contributed by atoms with E-state index in [2.05, 4.69) is 60.4 Å². The van der Waals surface area contributed by atoms with Crippen molar-refractivity contribution in [2.45, 2.75) is 39.5 Å². The zero-order chi connectivity index (χ0) is 15.1. The van der Waals surface area contributed by atoms with Crippen LogP contribution in [0.2, 0.25) is 0 Å². The lowest BCUT2D eigenvalue weighted by Gasteiger charge is -2.25. The van der Waals surface area contributed by atoms with E-state index in [1.54, 1.807) is 0 Å². The highest BCUT2D eigenvalue weighted by atomic mass is 16.3. The SMILES string of the molecule is CC[C@H](O)CN(Cc1ccccc1)Cc1ccc(C)cc1. The Morgan fingerprint density at radius 1 is 0.905 bits per heavy atom. The lowest BCUT2D eigenvalue weighted by Crippen LogP contribution is -2.31. The molecule has 2 nitrogen and oxygen atoms in total. The quantitative estimate of drug-likeness (QED) is 0.836. The van der Waals surface area contributed by atoms with Crippen LogP contribution in [0.15, 0.2) is 54.6 Å². The minimum Gasteiger partial charge on any atom is -0.392 e. The molecule has 0 aliphatic carbocycles. The van der Waals surface area contributed by atoms with Gasteiger partial charge >= 0.3 is 0 Å². The summed E-state index contributed by atoms with van der Waals surface area (Å²) in [7, 11) is 0. The van der Waals surface area contributed by atoms with Crippen LogP contribution in [0.25, 0.3) is 0 Å². The summed E-state index contributed by atoms with van der Waals surface area (Å²) in [5.74, 6) is 0. The maximum atomic E-state index is 9.99. The molecule has 112 valence electrons. The van der Waals surface area contributed by atoms with Gasteiger partial charge in [-0.3, -0.25) is 4.90 Å². The Balaban J connectivity index is 2.06. The molecule has 0 spiro atoms. The van der Waals surface area contributed by atoms with E-state index in [-0.39, 0.29) is 6.10 Å². The minimum absolute atomic E-state index is 0.265. The molecule has 0 bridgehead atoms. The Kier molecular flexibility index (Phi) is 5.97. The first kappa shape index (κ1) is 15.7. The summed E-state index contributed by atoms with van der Waals surface area (Å²) in [6.07, 6.45) is 0.526. The summed E-state index contributed by atoms with van der Waals surface area (Å²) < 4.78 is 0. The first-order chi connectivity index (χ1) is 10.2. The van der Waals surface area contributed by atoms with Crippen molar-refractivity contribution in [2.75, 3.05) is 6.54 Å². The molecule has 0 aromatic heterocycles. The van der Waals surface area contributed by atoms with E-state index < -0.39 is 0 Å². The first-order valence-electron chi connectivity index (χ1n) is 7.67. The third-order valence-corrected chi connectivity index (χ3v) is 3.72. The van der Waals surface area contributed by atoms with Crippen LogP contribution in [-0.4, -0.2) is 22.7 Å². The fraction of sp³-hybridized carbons (Fsp3) is 0.368. The Bertz CT molecular complexity index is 521. The Hall–Kier alpha value is -1.64. The monoisotopic (exact) mass is 283 g/mol. The molecule has 2 rings (SSSR count). The Morgan fingerprint density at radius 2 is 1.48 bits per heavy atom. The van der Waals surface area contributed by atoms with Crippen molar-refractivity contribution in [1.29, 1.82) is 0 Å². The molecule has 0 saturated heterocycles. The predicted molar refractivity (Wildman–Crippen MR) is 88.0 cm³/mol. The number of aryl methyl sites for hydroxylation is 1. The van der Waals surface area contributed by atoms with Crippen molar-refractivity contribution in [2.24, 2.45) is 0 Å². The topological polar surface area (TPSA) is 23.5 Å². The third kappa shape index (κ3) is 5.33. The molecule has 1 N–H and O–H groups in total. The zero-order valence-electron chi connectivity index (χ0n) is 13.0. The highest BCUT2D eigenvalue weighted by molar-refractivity contribution is 5.21. The van der Waals surface area contributed by atoms with Crippen LogP contribution >= 0.6 is 0 Å². The number of aliphatic hydroxyl groups excluding tert-OH is 1. The Morgan fingerprint density at radius 3 is 2.05 bits per heavy atom. The average molecular weight is 283 g/mol. The van der Waals surface area contributed by atoms with Crippen molar-refractivity contribution in [3.8, 4) is 0 Å². The molecule has 0 aliphatic heterocycles. The second-order valence-electron chi connectivity index (χ2n) is 5.70. The summed E-state index contributed by atoms with van der Waals surface area (Å²) in [5, 5.41) is 9.99. The molecular formula is C19H25NO. The van der Waals surface area contributed by atoms with Crippen molar-refractivity contribution < 1.29 is 5.11 Å². The van der Waals surface area contributed by atoms with E-state index in [1.165, 1.54) is 16.7 Å². The Labute approximate surface area is 128 Å². The number of hydrogen-bond donors (Lipinski definition) is 1. The van der Waals surface area contributed by atoms with E-state index in [0.29, 0.717) is 6.54 Å². The normalized spacial score (nSPS) is 12.6. The molecule has 2 heteroatoms. The van der Waals surface area contributed by atoms with Crippen LogP contribution < -0.4 is 0 Å². The molecule has 0 amide bonds. The minimum atomic E-state index is -0.265. The van der Waals surface area contributed by atoms with Crippen LogP contribution in [-0.2, 0) is 13.1 Å². The number of benzene rings is 2. The highest BCUT2D eigenvalue weighted by Gasteiger charge is 2.11. The van der Waals surface area contributed by atoms with Crippen LogP contribution in [0.1, 0.15) is 30.0 Å². The van der Waals surface area contributed by atoms with Gasteiger partial charge < -0.3 is 5.11 Å². The van der Waals surface area contributed by atoms with Crippen LogP contribution in [0.5, 0.6) is 0 Å². The summed E-state index contributed by atoms with van der Waals surface area (Å²) in [5.41, 5.74) is 3.86. The molecule has 21 heavy (non-hydrogen) atoms. The molecule has 0 radical (unpaired) electrons. The predicted octanol–water partition coefficient (Wildman–Crippen LogP) is 3.77. The summed E-state index contributed by atoms with van der Waals surface area (Å²) in [6, 6.07) is 19.1. The van der Waals surface area contributed by atoms with Gasteiger partial charge in [-0.1, -0.05) is 67.1 Å². The molecule has 0 heterocycles. The highest BCUT2D eigenvalue weighted by Crippen LogP contribution is 2.12. The van der Waals surface area contributed by atoms with Gasteiger partial charge in [-0.15, -0.1) is 0 Å². The third-order valence-electron chi connectivity index (χ3n) is 3.72. The van der Waals surface area contributed by atoms with Crippen molar-refractivity contribution in [1.82, 2.24) is 4.90 Å². The zero-order valence-corrected chi connectivity index (χ0v) is 13.0. The van der Waals surface area contributed by atoms with Gasteiger partial charge in [-0.2, -0.15) is 0 Å². The van der Waals surface area contributed by atoms with Gasteiger partial charge in [0.15, 0.2) is 0 Å². The van der Waals surface area contributed by atoms with Crippen molar-refractivity contribution >= 4 is 0 Å². The van der Waals surface area contributed by atoms with Crippen LogP contribution in [0.4, 0.5) is 0 Å². The summed E-state index contributed by atoms with van der Waals surface area (Å²) in [4.78, 5) is 2.31. The van der Waals surface area contributed by atoms with Gasteiger partial charge in [0.05, 0.1) is 6.10 Å². The van der Waals surface area contributed by atoms with Gasteiger partial charge in [0.1, 0.15) is 0 Å². The fourth-order valence-electron chi connectivity index (χ4n) is 2.41. The molecule has 0 saturated carbocycles. The van der Waals surface area contributed by atoms with E-state index in [9.17, 15) is 5.11 Å². The van der Waals surface area contributed by atoms with Crippen molar-refractivity contribution in [3.05, 3.63) is 71.3 Å². The maximum absolute atomic E-state index is 9.99. The molecule has 0 aliphatic rings. The molecule has 0 fully saturated rings. The van der Waals surface area contributed by atoms with Crippen LogP contribution in [0, 0.1) is 6.92 Å². The lowest BCUT2D eigenvalue weighted by molar-refractivity contribution is 0.101. The van der Waals surface area contributed by atoms with Gasteiger partial charge in [-0.25, -0.2) is 0 Å². The van der Waals surface area contributed by atoms with E-state index >= 15 is 0 Å². The van der Waals surface area contributed by atoms with E-state index in [1.807, 2.05) is 13.0 Å². The maximum Gasteiger partial charge on any atom is 0.0664 e. The molecule has 1 atom stereocenters. The number of nitrogens with zero attached hydrogens (tertiary/aromatic N) is 1. The second-order valence-corrected chi connectivity index (χ2v) is 5.70. The largest absolute Gasteiger partial charge is 0.392 e. The van der Waals surface area contributed by atoms with Gasteiger partial charge in [0.2, 0.25) is 0 Å². The van der Waals surface area contributed by atoms with Gasteiger partial charge in [0.25, 0.3) is 0 Å². The first-order valence-corrected chi connectivity index (χ1v) is 7.67. The smallest absolute Gasteiger partial charge is 0.0664 e. The number of hydrogen-bond acceptors (Lipinski definition) is 2. The second kappa shape index (κ2) is 7.96. The molecule has 2 aromatic rings. The average Bonchev–Trinajstić information content (AvgIpc) is 2.50. The van der Waals surface area contributed by atoms with Gasteiger partial charge in [-0.05, 0) is 24.5 Å². The summed E-state index contributed by atoms with van der Waals surface area (Å²) >= 11 is 0. The van der Waals surface area contributed by atoms with E-state index in [4.69, 9.17) is 0 Å². The van der Waals surface area contributed by atoms with Crippen molar-refractivity contribution in [3.63, 3.8) is 0 Å². The van der Waals surface area contributed by atoms with E-state index in [0.717, 1.165) is 19.5 Å². The van der Waals surface area contributed by atoms with Gasteiger partial charge in [0, 0.05) is 19.6 Å². The number of aliphatic hydroxyl groups is 1. The number of rotatable bonds is 7. The van der Waals surface area contributed by atoms with Crippen LogP contribution in [0.3, 0.4) is 0 Å². The summed E-state index contributed by atoms with van der Waals surface area (Å²) in [6.45, 7) is 6.57. The molecular weight excluding hydrogens is 258 g/mol. The fourth-order valence-corrected chi connectivity index (χ4v) is 2.41. The standard InChI is InChI=1S/C19H25NO/c1-3-19(21)15-20(13-17-7-5-4-6-8-17)14-18-11-9-16(2)10-12-18/h4-12,19,21H,3,13-15H2,1-2H3/t19-/m0/s1.